The number of carbonyl (C=O) groups is 2. The van der Waals surface area contributed by atoms with Gasteiger partial charge in [0.15, 0.2) is 10.3 Å². The number of anilines is 4. The normalized spacial score (nSPS) is 12.8. The van der Waals surface area contributed by atoms with Crippen LogP contribution in [0.2, 0.25) is 0 Å². The lowest BCUT2D eigenvalue weighted by Gasteiger charge is -2.17. The fourth-order valence-corrected chi connectivity index (χ4v) is 11.8. The molecule has 2 aliphatic heterocycles. The zero-order valence-electron chi connectivity index (χ0n) is 46.1. The molecule has 0 saturated carbocycles. The van der Waals surface area contributed by atoms with Gasteiger partial charge in [-0.15, -0.1) is 0 Å². The number of amides is 2. The minimum absolute atomic E-state index is 0.0224. The van der Waals surface area contributed by atoms with Crippen LogP contribution >= 0.6 is 38.6 Å². The zero-order chi connectivity index (χ0) is 59.2. The zero-order valence-corrected chi connectivity index (χ0v) is 49.3. The number of imidazole rings is 2. The smallest absolute Gasteiger partial charge is 0.423 e. The average Bonchev–Trinajstić information content (AvgIpc) is 3.08. The number of aryl methyl sites for hydroxylation is 2. The number of hydrogen-bond donors (Lipinski definition) is 2. The standard InChI is InChI=1S/C30H26FN7OS.C20H17BFN5O2S.C10H11BrN2O/c1-3-23-28(36(2)30-35-27(25(16-32)40-30)19-6-10-22(31)11-7-19)38-18-21(9-13-26(38)34-23)20-8-12-24(33-17-20)29(39)37-14-4-5-15-37;1-3-15-19(27-11-13(21(28)29)6-9-17(27)24-15)26(2)20-25-18(16(10-23)30-20)12-4-7-14(22)8-5-12;11-8-3-4-9(12-7-8)10(14)13-5-1-2-6-13/h6-13,17-18H,3-5,14-15H2,1-2H3;4-9,11,28-29H,3H2,1-2H3;3-4,7H,1-2,5-6H2. The van der Waals surface area contributed by atoms with Gasteiger partial charge in [-0.3, -0.25) is 23.4 Å². The van der Waals surface area contributed by atoms with E-state index in [0.29, 0.717) is 77.9 Å². The first kappa shape index (κ1) is 58.4. The number of nitriles is 2. The Balaban J connectivity index is 0.000000156. The number of carbonyl (C=O) groups excluding carboxylic acids is 2. The van der Waals surface area contributed by atoms with Crippen LogP contribution in [0.1, 0.15) is 81.6 Å². The summed E-state index contributed by atoms with van der Waals surface area (Å²) < 4.78 is 31.5. The Hall–Kier alpha value is -8.78. The van der Waals surface area contributed by atoms with Gasteiger partial charge in [0.1, 0.15) is 79.2 Å². The second-order valence-corrected chi connectivity index (χ2v) is 22.5. The van der Waals surface area contributed by atoms with E-state index in [1.54, 1.807) is 71.5 Å². The lowest BCUT2D eigenvalue weighted by atomic mass is 9.82. The van der Waals surface area contributed by atoms with Crippen LogP contribution in [0.25, 0.3) is 44.9 Å². The van der Waals surface area contributed by atoms with E-state index in [1.807, 2.05) is 82.4 Å². The number of likely N-dealkylation sites (tertiary alicyclic amines) is 2. The molecule has 2 aliphatic rings. The van der Waals surface area contributed by atoms with Crippen molar-refractivity contribution in [1.29, 1.82) is 10.5 Å². The van der Waals surface area contributed by atoms with Gasteiger partial charge in [0.25, 0.3) is 11.8 Å². The summed E-state index contributed by atoms with van der Waals surface area (Å²) in [6.07, 6.45) is 12.7. The number of thiazole rings is 2. The highest BCUT2D eigenvalue weighted by molar-refractivity contribution is 9.10. The molecule has 2 fully saturated rings. The first-order valence-electron chi connectivity index (χ1n) is 27.0. The van der Waals surface area contributed by atoms with E-state index < -0.39 is 7.12 Å². The van der Waals surface area contributed by atoms with Crippen molar-refractivity contribution in [2.24, 2.45) is 0 Å². The number of halogens is 3. The molecule has 424 valence electrons. The monoisotopic (exact) mass is 1230 g/mol. The Morgan fingerprint density at radius 3 is 1.44 bits per heavy atom. The number of hydrogen-bond acceptors (Lipinski definition) is 16. The summed E-state index contributed by atoms with van der Waals surface area (Å²) in [7, 11) is 2.12. The highest BCUT2D eigenvalue weighted by Crippen LogP contribution is 2.39. The first-order chi connectivity index (χ1) is 40.7. The molecule has 0 spiro atoms. The Kier molecular flexibility index (Phi) is 17.9. The van der Waals surface area contributed by atoms with Crippen molar-refractivity contribution in [2.75, 3.05) is 50.1 Å². The summed E-state index contributed by atoms with van der Waals surface area (Å²) >= 11 is 5.79. The summed E-state index contributed by atoms with van der Waals surface area (Å²) in [5, 5.41) is 39.7. The lowest BCUT2D eigenvalue weighted by Crippen LogP contribution is -2.30. The third-order valence-corrected chi connectivity index (χ3v) is 16.8. The van der Waals surface area contributed by atoms with Crippen LogP contribution < -0.4 is 15.3 Å². The van der Waals surface area contributed by atoms with Gasteiger partial charge in [0, 0.05) is 91.8 Å². The minimum atomic E-state index is -1.60. The number of nitrogens with zero attached hydrogens (tertiary/aromatic N) is 14. The van der Waals surface area contributed by atoms with Gasteiger partial charge in [0.05, 0.1) is 11.4 Å². The summed E-state index contributed by atoms with van der Waals surface area (Å²) in [5.74, 6) is 0.897. The maximum absolute atomic E-state index is 13.5. The summed E-state index contributed by atoms with van der Waals surface area (Å²) in [4.78, 5) is 60.3. The van der Waals surface area contributed by atoms with Crippen molar-refractivity contribution in [3.05, 3.63) is 170 Å². The van der Waals surface area contributed by atoms with Gasteiger partial charge >= 0.3 is 7.12 Å². The largest absolute Gasteiger partial charge is 0.489 e. The van der Waals surface area contributed by atoms with Crippen molar-refractivity contribution < 1.29 is 28.4 Å². The Morgan fingerprint density at radius 2 is 1.02 bits per heavy atom. The Morgan fingerprint density at radius 1 is 0.595 bits per heavy atom. The van der Waals surface area contributed by atoms with Crippen LogP contribution in [0.15, 0.2) is 126 Å². The molecule has 10 heterocycles. The molecule has 2 N–H and O–H groups in total. The molecule has 0 unspecified atom stereocenters. The number of aromatic nitrogens is 8. The van der Waals surface area contributed by atoms with Gasteiger partial charge in [-0.1, -0.05) is 48.7 Å². The van der Waals surface area contributed by atoms with Gasteiger partial charge in [-0.25, -0.2) is 33.7 Å². The van der Waals surface area contributed by atoms with E-state index >= 15 is 0 Å². The molecule has 2 aromatic carbocycles. The molecule has 18 nitrogen and oxygen atoms in total. The van der Waals surface area contributed by atoms with Crippen LogP contribution in [0.5, 0.6) is 0 Å². The third-order valence-electron chi connectivity index (χ3n) is 14.2. The highest BCUT2D eigenvalue weighted by atomic mass is 79.9. The molecule has 24 heteroatoms. The maximum Gasteiger partial charge on any atom is 0.489 e. The summed E-state index contributed by atoms with van der Waals surface area (Å²) in [6.45, 7) is 7.35. The third kappa shape index (κ3) is 12.4. The predicted octanol–water partition coefficient (Wildman–Crippen LogP) is 10.7. The second kappa shape index (κ2) is 25.8. The molecule has 10 aromatic rings. The fourth-order valence-electron chi connectivity index (χ4n) is 9.89. The van der Waals surface area contributed by atoms with E-state index in [0.717, 1.165) is 96.1 Å². The van der Waals surface area contributed by atoms with Crippen LogP contribution in [0.3, 0.4) is 0 Å². The van der Waals surface area contributed by atoms with Crippen molar-refractivity contribution in [2.45, 2.75) is 52.4 Å². The lowest BCUT2D eigenvalue weighted by molar-refractivity contribution is 0.0779. The van der Waals surface area contributed by atoms with E-state index in [4.69, 9.17) is 9.97 Å². The topological polar surface area (TPSA) is 221 Å². The van der Waals surface area contributed by atoms with E-state index in [1.165, 1.54) is 46.9 Å². The number of benzene rings is 2. The van der Waals surface area contributed by atoms with Crippen LogP contribution in [0, 0.1) is 34.3 Å². The van der Waals surface area contributed by atoms with Gasteiger partial charge in [-0.2, -0.15) is 10.5 Å². The Labute approximate surface area is 499 Å². The Bertz CT molecular complexity index is 4100. The number of rotatable bonds is 12. The van der Waals surface area contributed by atoms with Gasteiger partial charge in [-0.05, 0) is 145 Å². The molecule has 2 saturated heterocycles. The molecular weight excluding hydrogens is 1170 g/mol. The van der Waals surface area contributed by atoms with Gasteiger partial charge < -0.3 is 29.6 Å². The average molecular weight is 1230 g/mol. The first-order valence-corrected chi connectivity index (χ1v) is 29.4. The quantitative estimate of drug-likeness (QED) is 0.109. The van der Waals surface area contributed by atoms with E-state index in [-0.39, 0.29) is 23.4 Å². The van der Waals surface area contributed by atoms with Crippen LogP contribution in [-0.4, -0.2) is 118 Å². The second-order valence-electron chi connectivity index (χ2n) is 19.7. The summed E-state index contributed by atoms with van der Waals surface area (Å²) in [5.41, 5.74) is 8.64. The molecule has 0 radical (unpaired) electrons. The van der Waals surface area contributed by atoms with Crippen molar-refractivity contribution >= 4 is 96.2 Å². The summed E-state index contributed by atoms with van der Waals surface area (Å²) in [6, 6.07) is 30.8. The maximum atomic E-state index is 13.5. The predicted molar refractivity (Wildman–Crippen MR) is 325 cm³/mol. The van der Waals surface area contributed by atoms with Crippen molar-refractivity contribution in [3.8, 4) is 45.8 Å². The van der Waals surface area contributed by atoms with Crippen LogP contribution in [0.4, 0.5) is 30.7 Å². The van der Waals surface area contributed by atoms with E-state index in [2.05, 4.69) is 48.0 Å². The highest BCUT2D eigenvalue weighted by Gasteiger charge is 2.26. The minimum Gasteiger partial charge on any atom is -0.423 e. The van der Waals surface area contributed by atoms with Crippen molar-refractivity contribution in [1.82, 2.24) is 48.5 Å². The molecular formula is C60H54BBrF2N14O4S2. The molecule has 2 amide bonds. The molecule has 84 heavy (non-hydrogen) atoms. The van der Waals surface area contributed by atoms with Crippen molar-refractivity contribution in [3.63, 3.8) is 0 Å². The molecule has 0 aliphatic carbocycles. The molecule has 0 bridgehead atoms. The van der Waals surface area contributed by atoms with Gasteiger partial charge in [0.2, 0.25) is 0 Å². The molecule has 0 atom stereocenters. The number of pyridine rings is 4. The number of fused-ring (bicyclic) bond motifs is 2. The molecule has 8 aromatic heterocycles. The van der Waals surface area contributed by atoms with E-state index in [9.17, 15) is 38.9 Å². The SMILES string of the molecule is CCc1nc2ccc(-c3ccc(C(=O)N4CCCC4)nc3)cn2c1N(C)c1nc(-c2ccc(F)cc2)c(C#N)s1.CCc1nc2ccc(B(O)O)cn2c1N(C)c1nc(-c2ccc(F)cc2)c(C#N)s1.O=C(c1ccc(Br)cn1)N1CCCC1. The van der Waals surface area contributed by atoms with Crippen LogP contribution in [-0.2, 0) is 12.8 Å². The molecule has 12 rings (SSSR count). The fraction of sp³-hybridized carbons (Fsp3) is 0.233.